The molecule has 154 valence electrons. The Morgan fingerprint density at radius 1 is 1.00 bits per heavy atom. The van der Waals surface area contributed by atoms with Gasteiger partial charge in [0, 0.05) is 55.4 Å². The quantitative estimate of drug-likeness (QED) is 0.587. The third kappa shape index (κ3) is 5.00. The van der Waals surface area contributed by atoms with E-state index in [2.05, 4.69) is 25.5 Å². The monoisotopic (exact) mass is 403 g/mol. The maximum atomic E-state index is 12.5. The zero-order chi connectivity index (χ0) is 20.8. The molecule has 30 heavy (non-hydrogen) atoms. The minimum Gasteiger partial charge on any atom is -0.497 e. The largest absolute Gasteiger partial charge is 0.497 e. The summed E-state index contributed by atoms with van der Waals surface area (Å²) < 4.78 is 5.18. The van der Waals surface area contributed by atoms with Crippen molar-refractivity contribution >= 4 is 17.4 Å². The molecule has 1 aliphatic heterocycles. The average molecular weight is 403 g/mol. The van der Waals surface area contributed by atoms with Crippen molar-refractivity contribution < 1.29 is 9.53 Å². The fraction of sp³-hybridized carbons (Fsp3) is 0.261. The van der Waals surface area contributed by atoms with Crippen molar-refractivity contribution in [3.05, 3.63) is 66.5 Å². The molecule has 2 aromatic carbocycles. The second-order valence-electron chi connectivity index (χ2n) is 7.18. The molecule has 2 N–H and O–H groups in total. The van der Waals surface area contributed by atoms with Crippen molar-refractivity contribution in [3.63, 3.8) is 0 Å². The van der Waals surface area contributed by atoms with Gasteiger partial charge in [0.2, 0.25) is 5.95 Å². The van der Waals surface area contributed by atoms with Crippen LogP contribution in [0.2, 0.25) is 0 Å². The third-order valence-electron chi connectivity index (χ3n) is 5.12. The molecule has 2 heterocycles. The number of carbonyl (C=O) groups excluding carboxylic acids is 1. The normalized spacial score (nSPS) is 14.3. The van der Waals surface area contributed by atoms with Crippen molar-refractivity contribution in [2.75, 3.05) is 45.2 Å². The summed E-state index contributed by atoms with van der Waals surface area (Å²) in [7, 11) is 1.65. The van der Waals surface area contributed by atoms with Crippen LogP contribution in [-0.4, -0.2) is 60.5 Å². The van der Waals surface area contributed by atoms with Gasteiger partial charge in [0.1, 0.15) is 5.75 Å². The van der Waals surface area contributed by atoms with E-state index < -0.39 is 0 Å². The lowest BCUT2D eigenvalue weighted by molar-refractivity contribution is 0.0921. The minimum absolute atomic E-state index is 0.142. The minimum atomic E-state index is 0.142. The number of benzene rings is 2. The number of rotatable bonds is 7. The highest BCUT2D eigenvalue weighted by Gasteiger charge is 2.14. The van der Waals surface area contributed by atoms with Crippen LogP contribution in [0.4, 0.5) is 11.6 Å². The molecular formula is C23H25N5O2. The number of piperazine rings is 1. The van der Waals surface area contributed by atoms with E-state index in [0.717, 1.165) is 54.3 Å². The molecule has 0 atom stereocenters. The molecule has 1 aromatic heterocycles. The molecule has 0 unspecified atom stereocenters. The number of aromatic nitrogens is 2. The van der Waals surface area contributed by atoms with Crippen molar-refractivity contribution in [3.8, 4) is 16.9 Å². The Morgan fingerprint density at radius 2 is 1.67 bits per heavy atom. The zero-order valence-electron chi connectivity index (χ0n) is 17.0. The Bertz CT molecular complexity index is 966. The predicted molar refractivity (Wildman–Crippen MR) is 117 cm³/mol. The van der Waals surface area contributed by atoms with Gasteiger partial charge in [0.15, 0.2) is 5.78 Å². The van der Waals surface area contributed by atoms with Gasteiger partial charge in [0.25, 0.3) is 0 Å². The summed E-state index contributed by atoms with van der Waals surface area (Å²) >= 11 is 0. The molecule has 1 fully saturated rings. The first-order valence-corrected chi connectivity index (χ1v) is 10.0. The van der Waals surface area contributed by atoms with E-state index in [9.17, 15) is 4.79 Å². The van der Waals surface area contributed by atoms with Crippen molar-refractivity contribution in [1.82, 2.24) is 20.2 Å². The fourth-order valence-corrected chi connectivity index (χ4v) is 3.36. The van der Waals surface area contributed by atoms with Crippen LogP contribution in [0, 0.1) is 0 Å². The lowest BCUT2D eigenvalue weighted by Crippen LogP contribution is -2.45. The molecular weight excluding hydrogens is 378 g/mol. The standard InChI is InChI=1S/C23H25N5O2/c1-30-21-8-4-17(5-9-21)19-14-25-23(26-15-19)27-20-6-2-18(3-7-20)22(29)16-28-12-10-24-11-13-28/h2-9,14-15,24H,10-13,16H2,1H3,(H,25,26,27). The number of Topliss-reactive ketones (excluding diaryl/α,β-unsaturated/α-hetero) is 1. The topological polar surface area (TPSA) is 79.4 Å². The van der Waals surface area contributed by atoms with Crippen LogP contribution >= 0.6 is 0 Å². The first kappa shape index (κ1) is 20.0. The van der Waals surface area contributed by atoms with Gasteiger partial charge >= 0.3 is 0 Å². The fourth-order valence-electron chi connectivity index (χ4n) is 3.36. The van der Waals surface area contributed by atoms with E-state index in [1.54, 1.807) is 19.5 Å². The molecule has 0 bridgehead atoms. The van der Waals surface area contributed by atoms with E-state index in [-0.39, 0.29) is 5.78 Å². The zero-order valence-corrected chi connectivity index (χ0v) is 17.0. The smallest absolute Gasteiger partial charge is 0.227 e. The highest BCUT2D eigenvalue weighted by atomic mass is 16.5. The number of carbonyl (C=O) groups is 1. The first-order valence-electron chi connectivity index (χ1n) is 10.0. The summed E-state index contributed by atoms with van der Waals surface area (Å²) in [6.45, 7) is 4.16. The summed E-state index contributed by atoms with van der Waals surface area (Å²) in [5.74, 6) is 1.46. The van der Waals surface area contributed by atoms with Crippen LogP contribution in [0.1, 0.15) is 10.4 Å². The maximum absolute atomic E-state index is 12.5. The molecule has 0 spiro atoms. The number of ether oxygens (including phenoxy) is 1. The highest BCUT2D eigenvalue weighted by molar-refractivity contribution is 5.97. The summed E-state index contributed by atoms with van der Waals surface area (Å²) in [4.78, 5) is 23.5. The van der Waals surface area contributed by atoms with E-state index in [1.807, 2.05) is 48.5 Å². The van der Waals surface area contributed by atoms with E-state index >= 15 is 0 Å². The maximum Gasteiger partial charge on any atom is 0.227 e. The lowest BCUT2D eigenvalue weighted by Gasteiger charge is -2.26. The number of ketones is 1. The molecule has 0 radical (unpaired) electrons. The Kier molecular flexibility index (Phi) is 6.32. The first-order chi connectivity index (χ1) is 14.7. The summed E-state index contributed by atoms with van der Waals surface area (Å²) in [6.07, 6.45) is 3.56. The predicted octanol–water partition coefficient (Wildman–Crippen LogP) is 2.98. The van der Waals surface area contributed by atoms with Gasteiger partial charge in [-0.1, -0.05) is 12.1 Å². The molecule has 0 aliphatic carbocycles. The van der Waals surface area contributed by atoms with E-state index in [1.165, 1.54) is 0 Å². The molecule has 0 amide bonds. The van der Waals surface area contributed by atoms with E-state index in [0.29, 0.717) is 12.5 Å². The van der Waals surface area contributed by atoms with Crippen molar-refractivity contribution in [1.29, 1.82) is 0 Å². The summed E-state index contributed by atoms with van der Waals surface area (Å²) in [5.41, 5.74) is 3.51. The van der Waals surface area contributed by atoms with Crippen molar-refractivity contribution in [2.45, 2.75) is 0 Å². The molecule has 1 saturated heterocycles. The van der Waals surface area contributed by atoms with Gasteiger partial charge in [-0.25, -0.2) is 9.97 Å². The van der Waals surface area contributed by atoms with Gasteiger partial charge in [0.05, 0.1) is 13.7 Å². The number of hydrogen-bond donors (Lipinski definition) is 2. The number of nitrogens with zero attached hydrogens (tertiary/aromatic N) is 3. The Hall–Kier alpha value is -3.29. The van der Waals surface area contributed by atoms with Crippen LogP contribution in [0.3, 0.4) is 0 Å². The number of nitrogens with one attached hydrogen (secondary N) is 2. The number of anilines is 2. The molecule has 3 aromatic rings. The van der Waals surface area contributed by atoms with Crippen LogP contribution < -0.4 is 15.4 Å². The SMILES string of the molecule is COc1ccc(-c2cnc(Nc3ccc(C(=O)CN4CCNCC4)cc3)nc2)cc1. The van der Waals surface area contributed by atoms with E-state index in [4.69, 9.17) is 4.74 Å². The number of hydrogen-bond acceptors (Lipinski definition) is 7. The van der Waals surface area contributed by atoms with Gasteiger partial charge in [-0.05, 0) is 42.0 Å². The molecule has 7 heteroatoms. The van der Waals surface area contributed by atoms with Crippen LogP contribution in [0.5, 0.6) is 5.75 Å². The molecule has 0 saturated carbocycles. The van der Waals surface area contributed by atoms with Crippen LogP contribution in [-0.2, 0) is 0 Å². The number of methoxy groups -OCH3 is 1. The Balaban J connectivity index is 1.36. The van der Waals surface area contributed by atoms with Gasteiger partial charge in [-0.15, -0.1) is 0 Å². The van der Waals surface area contributed by atoms with Crippen LogP contribution in [0.15, 0.2) is 60.9 Å². The van der Waals surface area contributed by atoms with Crippen LogP contribution in [0.25, 0.3) is 11.1 Å². The van der Waals surface area contributed by atoms with Crippen molar-refractivity contribution in [2.24, 2.45) is 0 Å². The second kappa shape index (κ2) is 9.47. The molecule has 7 nitrogen and oxygen atoms in total. The van der Waals surface area contributed by atoms with Gasteiger partial charge < -0.3 is 15.4 Å². The summed E-state index contributed by atoms with van der Waals surface area (Å²) in [6, 6.07) is 15.2. The Morgan fingerprint density at radius 3 is 2.30 bits per heavy atom. The average Bonchev–Trinajstić information content (AvgIpc) is 2.81. The lowest BCUT2D eigenvalue weighted by atomic mass is 10.1. The third-order valence-corrected chi connectivity index (χ3v) is 5.12. The van der Waals surface area contributed by atoms with Gasteiger partial charge in [-0.3, -0.25) is 9.69 Å². The highest BCUT2D eigenvalue weighted by Crippen LogP contribution is 2.22. The Labute approximate surface area is 176 Å². The molecule has 1 aliphatic rings. The summed E-state index contributed by atoms with van der Waals surface area (Å²) in [5, 5.41) is 6.47. The second-order valence-corrected chi connectivity index (χ2v) is 7.18. The van der Waals surface area contributed by atoms with Gasteiger partial charge in [-0.2, -0.15) is 0 Å². The molecule has 4 rings (SSSR count).